The molecule has 0 saturated carbocycles. The highest BCUT2D eigenvalue weighted by molar-refractivity contribution is 5.79. The Hall–Kier alpha value is -1.20. The number of piperidine rings is 1. The van der Waals surface area contributed by atoms with E-state index >= 15 is 0 Å². The van der Waals surface area contributed by atoms with Gasteiger partial charge in [0, 0.05) is 25.4 Å². The Morgan fingerprint density at radius 1 is 1.33 bits per heavy atom. The van der Waals surface area contributed by atoms with Gasteiger partial charge >= 0.3 is 12.1 Å². The van der Waals surface area contributed by atoms with Crippen molar-refractivity contribution < 1.29 is 23.1 Å². The monoisotopic (exact) mass is 223 g/mol. The molecule has 86 valence electrons. The van der Waals surface area contributed by atoms with Crippen LogP contribution in [0.15, 0.2) is 12.3 Å². The van der Waals surface area contributed by atoms with Crippen LogP contribution in [0.3, 0.4) is 0 Å². The predicted molar refractivity (Wildman–Crippen MR) is 47.1 cm³/mol. The second-order valence-corrected chi connectivity index (χ2v) is 3.51. The third-order valence-corrected chi connectivity index (χ3v) is 2.42. The third kappa shape index (κ3) is 3.81. The molecule has 15 heavy (non-hydrogen) atoms. The molecule has 0 spiro atoms. The maximum absolute atomic E-state index is 12.3. The van der Waals surface area contributed by atoms with Crippen molar-refractivity contribution in [1.29, 1.82) is 0 Å². The molecule has 1 aliphatic heterocycles. The number of carboxylic acids is 1. The summed E-state index contributed by atoms with van der Waals surface area (Å²) in [6.07, 6.45) is -1.79. The van der Waals surface area contributed by atoms with Crippen LogP contribution >= 0.6 is 0 Å². The van der Waals surface area contributed by atoms with Gasteiger partial charge in [0.15, 0.2) is 0 Å². The molecule has 0 atom stereocenters. The number of carbonyl (C=O) groups is 1. The Labute approximate surface area is 85.2 Å². The summed E-state index contributed by atoms with van der Waals surface area (Å²) in [5.74, 6) is -2.33. The van der Waals surface area contributed by atoms with Crippen LogP contribution in [0.5, 0.6) is 0 Å². The van der Waals surface area contributed by atoms with E-state index in [9.17, 15) is 18.0 Å². The van der Waals surface area contributed by atoms with Crippen molar-refractivity contribution in [1.82, 2.24) is 4.90 Å². The number of halogens is 3. The van der Waals surface area contributed by atoms with Crippen molar-refractivity contribution in [3.8, 4) is 0 Å². The molecular formula is C9H12F3NO2. The minimum Gasteiger partial charge on any atom is -0.478 e. The summed E-state index contributed by atoms with van der Waals surface area (Å²) in [5.41, 5.74) is 0. The maximum Gasteiger partial charge on any atom is 0.391 e. The van der Waals surface area contributed by atoms with Gasteiger partial charge in [0.05, 0.1) is 5.92 Å². The quantitative estimate of drug-likeness (QED) is 0.726. The Balaban J connectivity index is 2.39. The highest BCUT2D eigenvalue weighted by atomic mass is 19.4. The zero-order valence-electron chi connectivity index (χ0n) is 8.00. The molecule has 3 nitrogen and oxygen atoms in total. The van der Waals surface area contributed by atoms with Crippen LogP contribution in [0, 0.1) is 5.92 Å². The van der Waals surface area contributed by atoms with E-state index in [-0.39, 0.29) is 25.9 Å². The van der Waals surface area contributed by atoms with Gasteiger partial charge in [-0.2, -0.15) is 13.2 Å². The summed E-state index contributed by atoms with van der Waals surface area (Å²) in [6, 6.07) is 0. The average molecular weight is 223 g/mol. The van der Waals surface area contributed by atoms with E-state index in [4.69, 9.17) is 5.11 Å². The van der Waals surface area contributed by atoms with Gasteiger partial charge in [-0.05, 0) is 12.8 Å². The SMILES string of the molecule is O=C(O)/C=C/N1CCC(C(F)(F)F)CC1. The molecule has 0 aromatic heterocycles. The highest BCUT2D eigenvalue weighted by Crippen LogP contribution is 2.33. The van der Waals surface area contributed by atoms with Crippen LogP contribution in [0.1, 0.15) is 12.8 Å². The first-order chi connectivity index (χ1) is 6.89. The van der Waals surface area contributed by atoms with Gasteiger partial charge in [-0.3, -0.25) is 0 Å². The van der Waals surface area contributed by atoms with Gasteiger partial charge in [0.1, 0.15) is 0 Å². The van der Waals surface area contributed by atoms with E-state index in [0.717, 1.165) is 6.08 Å². The lowest BCUT2D eigenvalue weighted by atomic mass is 9.97. The molecule has 0 bridgehead atoms. The summed E-state index contributed by atoms with van der Waals surface area (Å²) in [7, 11) is 0. The van der Waals surface area contributed by atoms with Crippen LogP contribution in [0.4, 0.5) is 13.2 Å². The molecule has 0 unspecified atom stereocenters. The van der Waals surface area contributed by atoms with Gasteiger partial charge in [-0.25, -0.2) is 4.79 Å². The molecule has 6 heteroatoms. The van der Waals surface area contributed by atoms with E-state index in [1.165, 1.54) is 6.20 Å². The summed E-state index contributed by atoms with van der Waals surface area (Å²) in [4.78, 5) is 11.8. The van der Waals surface area contributed by atoms with Crippen molar-refractivity contribution >= 4 is 5.97 Å². The van der Waals surface area contributed by atoms with E-state index < -0.39 is 18.1 Å². The second kappa shape index (κ2) is 4.55. The number of nitrogens with zero attached hydrogens (tertiary/aromatic N) is 1. The number of hydrogen-bond acceptors (Lipinski definition) is 2. The van der Waals surface area contributed by atoms with E-state index in [0.29, 0.717) is 0 Å². The smallest absolute Gasteiger partial charge is 0.391 e. The van der Waals surface area contributed by atoms with Crippen LogP contribution in [-0.4, -0.2) is 35.2 Å². The normalized spacial score (nSPS) is 19.8. The first-order valence-electron chi connectivity index (χ1n) is 4.61. The molecule has 0 aromatic rings. The molecule has 1 fully saturated rings. The summed E-state index contributed by atoms with van der Waals surface area (Å²) < 4.78 is 36.8. The number of hydrogen-bond donors (Lipinski definition) is 1. The standard InChI is InChI=1S/C9H12F3NO2/c10-9(11,12)7-1-4-13(5-2-7)6-3-8(14)15/h3,6-7H,1-2,4-5H2,(H,14,15)/b6-3+. The molecule has 1 aliphatic rings. The second-order valence-electron chi connectivity index (χ2n) is 3.51. The lowest BCUT2D eigenvalue weighted by Crippen LogP contribution is -2.36. The molecule has 0 aromatic carbocycles. The molecule has 1 saturated heterocycles. The molecule has 1 heterocycles. The molecule has 0 radical (unpaired) electrons. The Morgan fingerprint density at radius 3 is 2.27 bits per heavy atom. The Morgan fingerprint density at radius 2 is 1.87 bits per heavy atom. The minimum atomic E-state index is -4.12. The van der Waals surface area contributed by atoms with E-state index in [1.54, 1.807) is 4.90 Å². The summed E-state index contributed by atoms with van der Waals surface area (Å²) in [5, 5.41) is 8.33. The number of aliphatic carboxylic acids is 1. The van der Waals surface area contributed by atoms with Crippen LogP contribution in [0.2, 0.25) is 0 Å². The molecule has 0 aliphatic carbocycles. The zero-order valence-corrected chi connectivity index (χ0v) is 8.00. The fraction of sp³-hybridized carbons (Fsp3) is 0.667. The van der Waals surface area contributed by atoms with Crippen LogP contribution in [-0.2, 0) is 4.79 Å². The van der Waals surface area contributed by atoms with Crippen LogP contribution in [0.25, 0.3) is 0 Å². The highest BCUT2D eigenvalue weighted by Gasteiger charge is 2.40. The molecule has 1 N–H and O–H groups in total. The lowest BCUT2D eigenvalue weighted by Gasteiger charge is -2.31. The van der Waals surface area contributed by atoms with Gasteiger partial charge in [-0.15, -0.1) is 0 Å². The van der Waals surface area contributed by atoms with Gasteiger partial charge in [0.2, 0.25) is 0 Å². The van der Waals surface area contributed by atoms with E-state index in [1.807, 2.05) is 0 Å². The maximum atomic E-state index is 12.3. The van der Waals surface area contributed by atoms with Gasteiger partial charge < -0.3 is 10.0 Å². The molecule has 0 amide bonds. The van der Waals surface area contributed by atoms with Crippen LogP contribution < -0.4 is 0 Å². The van der Waals surface area contributed by atoms with Crippen molar-refractivity contribution in [3.05, 3.63) is 12.3 Å². The fourth-order valence-electron chi connectivity index (χ4n) is 1.55. The Kier molecular flexibility index (Phi) is 3.60. The minimum absolute atomic E-state index is 0.0352. The Bertz CT molecular complexity index is 255. The number of rotatable bonds is 2. The predicted octanol–water partition coefficient (Wildman–Crippen LogP) is 1.86. The first-order valence-corrected chi connectivity index (χ1v) is 4.61. The van der Waals surface area contributed by atoms with Crippen molar-refractivity contribution in [2.75, 3.05) is 13.1 Å². The van der Waals surface area contributed by atoms with Gasteiger partial charge in [-0.1, -0.05) is 0 Å². The average Bonchev–Trinajstić information content (AvgIpc) is 2.14. The molecular weight excluding hydrogens is 211 g/mol. The summed E-state index contributed by atoms with van der Waals surface area (Å²) in [6.45, 7) is 0.516. The fourth-order valence-corrected chi connectivity index (χ4v) is 1.55. The van der Waals surface area contributed by atoms with E-state index in [2.05, 4.69) is 0 Å². The lowest BCUT2D eigenvalue weighted by molar-refractivity contribution is -0.183. The topological polar surface area (TPSA) is 40.5 Å². The number of likely N-dealkylation sites (tertiary alicyclic amines) is 1. The first kappa shape index (κ1) is 11.9. The zero-order chi connectivity index (χ0) is 11.5. The number of carboxylic acid groups (broad SMARTS) is 1. The third-order valence-electron chi connectivity index (χ3n) is 2.42. The van der Waals surface area contributed by atoms with Crippen molar-refractivity contribution in [3.63, 3.8) is 0 Å². The van der Waals surface area contributed by atoms with Gasteiger partial charge in [0.25, 0.3) is 0 Å². The van der Waals surface area contributed by atoms with Crippen molar-refractivity contribution in [2.45, 2.75) is 19.0 Å². The van der Waals surface area contributed by atoms with Crippen molar-refractivity contribution in [2.24, 2.45) is 5.92 Å². The number of alkyl halides is 3. The molecule has 1 rings (SSSR count). The largest absolute Gasteiger partial charge is 0.478 e. The summed E-state index contributed by atoms with van der Waals surface area (Å²) >= 11 is 0.